The highest BCUT2D eigenvalue weighted by atomic mass is 35.5. The quantitative estimate of drug-likeness (QED) is 0.273. The van der Waals surface area contributed by atoms with E-state index in [2.05, 4.69) is 32.9 Å². The first-order chi connectivity index (χ1) is 14.5. The third-order valence-corrected chi connectivity index (χ3v) is 9.06. The van der Waals surface area contributed by atoms with Crippen LogP contribution in [0, 0.1) is 6.92 Å². The lowest BCUT2D eigenvalue weighted by Crippen LogP contribution is -2.26. The number of fused-ring (bicyclic) bond motifs is 1. The standard InChI is InChI=1S/C23H21Cl2NO2S3/c1-14-5-6-22(30-14)23(2,3)16-10-17(24)12-18(11-16)26(31(4,27)28)20-9-15-7-8-29-21(15)13-19(20)25/h5-13H,1-4H3. The summed E-state index contributed by atoms with van der Waals surface area (Å²) in [5.41, 5.74) is 1.46. The van der Waals surface area contributed by atoms with Gasteiger partial charge in [-0.05, 0) is 71.8 Å². The fourth-order valence-electron chi connectivity index (χ4n) is 3.60. The molecule has 2 aromatic heterocycles. The zero-order valence-electron chi connectivity index (χ0n) is 17.4. The van der Waals surface area contributed by atoms with Crippen LogP contribution in [0.2, 0.25) is 10.0 Å². The van der Waals surface area contributed by atoms with Gasteiger partial charge in [-0.3, -0.25) is 0 Å². The number of anilines is 2. The normalized spacial score (nSPS) is 12.5. The summed E-state index contributed by atoms with van der Waals surface area (Å²) in [6.07, 6.45) is 1.18. The van der Waals surface area contributed by atoms with E-state index in [-0.39, 0.29) is 5.41 Å². The molecule has 31 heavy (non-hydrogen) atoms. The van der Waals surface area contributed by atoms with Crippen LogP contribution in [0.25, 0.3) is 10.1 Å². The van der Waals surface area contributed by atoms with Gasteiger partial charge < -0.3 is 0 Å². The highest BCUT2D eigenvalue weighted by molar-refractivity contribution is 7.92. The number of nitrogens with zero attached hydrogens (tertiary/aromatic N) is 1. The van der Waals surface area contributed by atoms with Crippen LogP contribution in [0.5, 0.6) is 0 Å². The smallest absolute Gasteiger partial charge is 0.236 e. The summed E-state index contributed by atoms with van der Waals surface area (Å²) in [5, 5.41) is 3.73. The van der Waals surface area contributed by atoms with Crippen LogP contribution in [0.1, 0.15) is 29.2 Å². The molecule has 0 radical (unpaired) electrons. The number of sulfonamides is 1. The minimum absolute atomic E-state index is 0.344. The van der Waals surface area contributed by atoms with E-state index < -0.39 is 10.0 Å². The van der Waals surface area contributed by atoms with Gasteiger partial charge in [0.05, 0.1) is 22.7 Å². The summed E-state index contributed by atoms with van der Waals surface area (Å²) in [6.45, 7) is 6.30. The van der Waals surface area contributed by atoms with Gasteiger partial charge in [-0.1, -0.05) is 37.0 Å². The van der Waals surface area contributed by atoms with Crippen molar-refractivity contribution in [3.63, 3.8) is 0 Å². The average Bonchev–Trinajstić information content (AvgIpc) is 3.29. The molecule has 0 aliphatic rings. The summed E-state index contributed by atoms with van der Waals surface area (Å²) < 4.78 is 28.1. The van der Waals surface area contributed by atoms with Gasteiger partial charge >= 0.3 is 0 Å². The van der Waals surface area contributed by atoms with Crippen LogP contribution in [0.4, 0.5) is 11.4 Å². The lowest BCUT2D eigenvalue weighted by atomic mass is 9.83. The molecule has 0 aliphatic heterocycles. The van der Waals surface area contributed by atoms with Gasteiger partial charge in [-0.15, -0.1) is 22.7 Å². The molecule has 0 aliphatic carbocycles. The molecule has 0 amide bonds. The maximum atomic E-state index is 12.9. The molecule has 0 atom stereocenters. The molecule has 2 heterocycles. The fraction of sp³-hybridized carbons (Fsp3) is 0.217. The Kier molecular flexibility index (Phi) is 5.90. The van der Waals surface area contributed by atoms with Crippen LogP contribution in [0.15, 0.2) is 53.9 Å². The van der Waals surface area contributed by atoms with Crippen LogP contribution < -0.4 is 4.31 Å². The maximum absolute atomic E-state index is 12.9. The summed E-state index contributed by atoms with van der Waals surface area (Å²) >= 11 is 16.3. The molecule has 4 aromatic rings. The Bertz CT molecular complexity index is 1390. The number of hydrogen-bond donors (Lipinski definition) is 0. The van der Waals surface area contributed by atoms with Gasteiger partial charge in [-0.2, -0.15) is 0 Å². The first-order valence-corrected chi connectivity index (χ1v) is 13.8. The third-order valence-electron chi connectivity index (χ3n) is 5.27. The Morgan fingerprint density at radius 3 is 2.39 bits per heavy atom. The first kappa shape index (κ1) is 22.6. The van der Waals surface area contributed by atoms with E-state index in [1.165, 1.54) is 20.3 Å². The fourth-order valence-corrected chi connectivity index (χ4v) is 6.99. The minimum atomic E-state index is -3.69. The van der Waals surface area contributed by atoms with Gasteiger partial charge in [0.25, 0.3) is 0 Å². The number of benzene rings is 2. The van der Waals surface area contributed by atoms with E-state index in [0.717, 1.165) is 15.6 Å². The Labute approximate surface area is 200 Å². The first-order valence-electron chi connectivity index (χ1n) is 9.52. The van der Waals surface area contributed by atoms with Crippen LogP contribution in [0.3, 0.4) is 0 Å². The van der Waals surface area contributed by atoms with Crippen molar-refractivity contribution in [1.29, 1.82) is 0 Å². The van der Waals surface area contributed by atoms with Crippen molar-refractivity contribution in [3.8, 4) is 0 Å². The van der Waals surface area contributed by atoms with Crippen LogP contribution >= 0.6 is 45.9 Å². The van der Waals surface area contributed by atoms with E-state index >= 15 is 0 Å². The molecule has 8 heteroatoms. The van der Waals surface area contributed by atoms with Crippen molar-refractivity contribution in [2.75, 3.05) is 10.6 Å². The van der Waals surface area contributed by atoms with Gasteiger partial charge in [0.2, 0.25) is 10.0 Å². The molecule has 162 valence electrons. The van der Waals surface area contributed by atoms with Crippen molar-refractivity contribution in [2.24, 2.45) is 0 Å². The van der Waals surface area contributed by atoms with Crippen molar-refractivity contribution in [2.45, 2.75) is 26.2 Å². The second kappa shape index (κ2) is 8.09. The number of halogens is 2. The Hall–Kier alpha value is -1.57. The van der Waals surface area contributed by atoms with Crippen molar-refractivity contribution >= 4 is 77.4 Å². The SMILES string of the molecule is Cc1ccc(C(C)(C)c2cc(Cl)cc(N(c3cc4ccsc4cc3Cl)S(C)(=O)=O)c2)s1. The van der Waals surface area contributed by atoms with Crippen molar-refractivity contribution < 1.29 is 8.42 Å². The molecular formula is C23H21Cl2NO2S3. The summed E-state index contributed by atoms with van der Waals surface area (Å²) in [6, 6.07) is 15.2. The molecular weight excluding hydrogens is 489 g/mol. The minimum Gasteiger partial charge on any atom is -0.237 e. The van der Waals surface area contributed by atoms with E-state index in [1.54, 1.807) is 34.8 Å². The number of rotatable bonds is 5. The van der Waals surface area contributed by atoms with E-state index in [9.17, 15) is 8.42 Å². The Morgan fingerprint density at radius 2 is 1.74 bits per heavy atom. The molecule has 0 N–H and O–H groups in total. The lowest BCUT2D eigenvalue weighted by molar-refractivity contribution is 0.602. The molecule has 4 rings (SSSR count). The lowest BCUT2D eigenvalue weighted by Gasteiger charge is -2.28. The number of aryl methyl sites for hydroxylation is 1. The summed E-state index contributed by atoms with van der Waals surface area (Å²) in [5.74, 6) is 0. The molecule has 0 saturated heterocycles. The maximum Gasteiger partial charge on any atom is 0.236 e. The molecule has 0 fully saturated rings. The zero-order valence-corrected chi connectivity index (χ0v) is 21.4. The summed E-state index contributed by atoms with van der Waals surface area (Å²) in [4.78, 5) is 2.40. The van der Waals surface area contributed by atoms with Crippen LogP contribution in [-0.4, -0.2) is 14.7 Å². The van der Waals surface area contributed by atoms with Gasteiger partial charge in [0.15, 0.2) is 0 Å². The van der Waals surface area contributed by atoms with Crippen molar-refractivity contribution in [3.05, 3.63) is 79.3 Å². The Morgan fingerprint density at radius 1 is 1.00 bits per heavy atom. The highest BCUT2D eigenvalue weighted by Gasteiger charge is 2.29. The molecule has 3 nitrogen and oxygen atoms in total. The monoisotopic (exact) mass is 509 g/mol. The van der Waals surface area contributed by atoms with Gasteiger partial charge in [-0.25, -0.2) is 12.7 Å². The molecule has 2 aromatic carbocycles. The van der Waals surface area contributed by atoms with E-state index in [1.807, 2.05) is 29.6 Å². The molecule has 0 unspecified atom stereocenters. The third kappa shape index (κ3) is 4.37. The number of thiophene rings is 2. The van der Waals surface area contributed by atoms with Gasteiger partial charge in [0, 0.05) is 24.9 Å². The zero-order chi connectivity index (χ0) is 22.6. The van der Waals surface area contributed by atoms with Crippen molar-refractivity contribution in [1.82, 2.24) is 0 Å². The van der Waals surface area contributed by atoms with Crippen LogP contribution in [-0.2, 0) is 15.4 Å². The molecule has 0 bridgehead atoms. The predicted molar refractivity (Wildman–Crippen MR) is 136 cm³/mol. The van der Waals surface area contributed by atoms with E-state index in [0.29, 0.717) is 21.4 Å². The molecule has 0 saturated carbocycles. The Balaban J connectivity index is 1.92. The highest BCUT2D eigenvalue weighted by Crippen LogP contribution is 2.42. The largest absolute Gasteiger partial charge is 0.237 e. The molecule has 0 spiro atoms. The second-order valence-corrected chi connectivity index (χ2v) is 12.9. The summed E-state index contributed by atoms with van der Waals surface area (Å²) in [7, 11) is -3.69. The number of hydrogen-bond acceptors (Lipinski definition) is 4. The predicted octanol–water partition coefficient (Wildman–Crippen LogP) is 8.00. The van der Waals surface area contributed by atoms with Gasteiger partial charge in [0.1, 0.15) is 0 Å². The van der Waals surface area contributed by atoms with E-state index in [4.69, 9.17) is 23.2 Å². The second-order valence-electron chi connectivity index (χ2n) is 8.02. The topological polar surface area (TPSA) is 37.4 Å². The average molecular weight is 511 g/mol.